The maximum Gasteiger partial charge on any atom is 0.0928 e. The van der Waals surface area contributed by atoms with Crippen LogP contribution in [0.3, 0.4) is 0 Å². The van der Waals surface area contributed by atoms with Gasteiger partial charge in [0.2, 0.25) is 0 Å². The first-order valence-electron chi connectivity index (χ1n) is 6.54. The van der Waals surface area contributed by atoms with Gasteiger partial charge >= 0.3 is 0 Å². The molecule has 2 unspecified atom stereocenters. The van der Waals surface area contributed by atoms with Crippen LogP contribution in [-0.4, -0.2) is 23.4 Å². The first-order chi connectivity index (χ1) is 9.72. The van der Waals surface area contributed by atoms with Crippen molar-refractivity contribution >= 4 is 11.6 Å². The highest BCUT2D eigenvalue weighted by Gasteiger charge is 2.14. The Bertz CT molecular complexity index is 533. The molecule has 0 aliphatic rings. The summed E-state index contributed by atoms with van der Waals surface area (Å²) in [5.41, 5.74) is 1.67. The number of halogens is 1. The van der Waals surface area contributed by atoms with Crippen LogP contribution in [0, 0.1) is 0 Å². The van der Waals surface area contributed by atoms with E-state index in [1.54, 1.807) is 12.1 Å². The molecule has 0 bridgehead atoms. The molecule has 2 atom stereocenters. The van der Waals surface area contributed by atoms with Crippen molar-refractivity contribution in [3.63, 3.8) is 0 Å². The number of benzene rings is 2. The Morgan fingerprint density at radius 1 is 1.00 bits per heavy atom. The topological polar surface area (TPSA) is 52.5 Å². The minimum atomic E-state index is -0.707. The van der Waals surface area contributed by atoms with E-state index in [4.69, 9.17) is 11.6 Å². The number of aliphatic hydroxyl groups is 2. The molecule has 0 aromatic heterocycles. The summed E-state index contributed by atoms with van der Waals surface area (Å²) in [5.74, 6) is 0. The smallest absolute Gasteiger partial charge is 0.0928 e. The monoisotopic (exact) mass is 291 g/mol. The molecule has 2 aromatic rings. The Kier molecular flexibility index (Phi) is 5.56. The first-order valence-corrected chi connectivity index (χ1v) is 6.92. The van der Waals surface area contributed by atoms with Crippen LogP contribution in [0.2, 0.25) is 5.02 Å². The summed E-state index contributed by atoms with van der Waals surface area (Å²) in [6.45, 7) is 0.295. The molecule has 0 saturated heterocycles. The van der Waals surface area contributed by atoms with Crippen LogP contribution in [-0.2, 0) is 0 Å². The van der Waals surface area contributed by atoms with Crippen molar-refractivity contribution in [2.45, 2.75) is 12.1 Å². The average Bonchev–Trinajstić information content (AvgIpc) is 2.49. The standard InChI is InChI=1S/C16H18ClNO2/c17-14-9-5-4-8-13(14)16(20)10-18-15(11-19)12-6-2-1-3-7-12/h1-9,15-16,18-20H,10-11H2. The van der Waals surface area contributed by atoms with Crippen LogP contribution in [0.4, 0.5) is 0 Å². The van der Waals surface area contributed by atoms with E-state index >= 15 is 0 Å². The van der Waals surface area contributed by atoms with E-state index in [0.717, 1.165) is 5.56 Å². The van der Waals surface area contributed by atoms with E-state index in [1.165, 1.54) is 0 Å². The lowest BCUT2D eigenvalue weighted by Crippen LogP contribution is -2.28. The molecule has 0 spiro atoms. The van der Waals surface area contributed by atoms with Crippen molar-refractivity contribution in [1.82, 2.24) is 5.32 Å². The molecule has 0 fully saturated rings. The SMILES string of the molecule is OCC(NCC(O)c1ccccc1Cl)c1ccccc1. The van der Waals surface area contributed by atoms with Gasteiger partial charge in [0.1, 0.15) is 0 Å². The molecular formula is C16H18ClNO2. The van der Waals surface area contributed by atoms with Crippen molar-refractivity contribution in [2.24, 2.45) is 0 Å². The molecule has 0 saturated carbocycles. The van der Waals surface area contributed by atoms with Crippen LogP contribution in [0.5, 0.6) is 0 Å². The zero-order valence-corrected chi connectivity index (χ0v) is 11.8. The number of hydrogen-bond donors (Lipinski definition) is 3. The van der Waals surface area contributed by atoms with Gasteiger partial charge in [-0.05, 0) is 11.6 Å². The van der Waals surface area contributed by atoms with E-state index in [-0.39, 0.29) is 12.6 Å². The van der Waals surface area contributed by atoms with Crippen LogP contribution in [0.1, 0.15) is 23.3 Å². The molecule has 0 aliphatic heterocycles. The second-order valence-corrected chi connectivity index (χ2v) is 5.00. The molecular weight excluding hydrogens is 274 g/mol. The fourth-order valence-electron chi connectivity index (χ4n) is 2.08. The predicted octanol–water partition coefficient (Wildman–Crippen LogP) is 2.70. The van der Waals surface area contributed by atoms with Gasteiger partial charge in [-0.2, -0.15) is 0 Å². The van der Waals surface area contributed by atoms with Gasteiger partial charge < -0.3 is 15.5 Å². The minimum absolute atomic E-state index is 0.0285. The van der Waals surface area contributed by atoms with Gasteiger partial charge in [0.15, 0.2) is 0 Å². The third-order valence-electron chi connectivity index (χ3n) is 3.21. The number of nitrogens with one attached hydrogen (secondary N) is 1. The lowest BCUT2D eigenvalue weighted by Gasteiger charge is -2.20. The summed E-state index contributed by atoms with van der Waals surface area (Å²) in [6.07, 6.45) is -0.707. The Morgan fingerprint density at radius 2 is 1.65 bits per heavy atom. The largest absolute Gasteiger partial charge is 0.394 e. The van der Waals surface area contributed by atoms with Gasteiger partial charge in [0, 0.05) is 17.1 Å². The Morgan fingerprint density at radius 3 is 2.30 bits per heavy atom. The molecule has 0 amide bonds. The fourth-order valence-corrected chi connectivity index (χ4v) is 2.34. The Labute approximate surface area is 123 Å². The highest BCUT2D eigenvalue weighted by molar-refractivity contribution is 6.31. The van der Waals surface area contributed by atoms with Gasteiger partial charge in [-0.15, -0.1) is 0 Å². The maximum atomic E-state index is 10.2. The average molecular weight is 292 g/mol. The quantitative estimate of drug-likeness (QED) is 0.767. The highest BCUT2D eigenvalue weighted by Crippen LogP contribution is 2.22. The van der Waals surface area contributed by atoms with E-state index in [9.17, 15) is 10.2 Å². The zero-order chi connectivity index (χ0) is 14.4. The van der Waals surface area contributed by atoms with E-state index in [1.807, 2.05) is 42.5 Å². The predicted molar refractivity (Wildman–Crippen MR) is 80.7 cm³/mol. The number of rotatable bonds is 6. The van der Waals surface area contributed by atoms with Crippen molar-refractivity contribution in [3.05, 3.63) is 70.7 Å². The van der Waals surface area contributed by atoms with E-state index < -0.39 is 6.10 Å². The molecule has 3 nitrogen and oxygen atoms in total. The molecule has 2 rings (SSSR count). The molecule has 20 heavy (non-hydrogen) atoms. The summed E-state index contributed by atoms with van der Waals surface area (Å²) in [6, 6.07) is 16.7. The van der Waals surface area contributed by atoms with E-state index in [2.05, 4.69) is 5.32 Å². The number of hydrogen-bond acceptors (Lipinski definition) is 3. The molecule has 0 radical (unpaired) electrons. The van der Waals surface area contributed by atoms with Gasteiger partial charge in [0.25, 0.3) is 0 Å². The molecule has 106 valence electrons. The highest BCUT2D eigenvalue weighted by atomic mass is 35.5. The minimum Gasteiger partial charge on any atom is -0.394 e. The molecule has 0 heterocycles. The third-order valence-corrected chi connectivity index (χ3v) is 3.55. The van der Waals surface area contributed by atoms with Gasteiger partial charge in [0.05, 0.1) is 18.8 Å². The molecule has 2 aromatic carbocycles. The van der Waals surface area contributed by atoms with Crippen molar-refractivity contribution in [1.29, 1.82) is 0 Å². The van der Waals surface area contributed by atoms with Gasteiger partial charge in [-0.25, -0.2) is 0 Å². The second kappa shape index (κ2) is 7.41. The van der Waals surface area contributed by atoms with Crippen LogP contribution >= 0.6 is 11.6 Å². The van der Waals surface area contributed by atoms with Crippen LogP contribution in [0.15, 0.2) is 54.6 Å². The van der Waals surface area contributed by atoms with Crippen molar-refractivity contribution in [2.75, 3.05) is 13.2 Å². The first kappa shape index (κ1) is 15.0. The third kappa shape index (κ3) is 3.81. The number of aliphatic hydroxyl groups excluding tert-OH is 2. The maximum absolute atomic E-state index is 10.2. The van der Waals surface area contributed by atoms with Crippen molar-refractivity contribution < 1.29 is 10.2 Å². The lowest BCUT2D eigenvalue weighted by molar-refractivity contribution is 0.159. The fraction of sp³-hybridized carbons (Fsp3) is 0.250. The summed E-state index contributed by atoms with van der Waals surface area (Å²) in [4.78, 5) is 0. The zero-order valence-electron chi connectivity index (χ0n) is 11.0. The van der Waals surface area contributed by atoms with Crippen LogP contribution < -0.4 is 5.32 Å². The van der Waals surface area contributed by atoms with E-state index in [0.29, 0.717) is 17.1 Å². The molecule has 0 aliphatic carbocycles. The normalized spacial score (nSPS) is 13.9. The summed E-state index contributed by atoms with van der Waals surface area (Å²) < 4.78 is 0. The Balaban J connectivity index is 1.99. The van der Waals surface area contributed by atoms with Crippen molar-refractivity contribution in [3.8, 4) is 0 Å². The summed E-state index contributed by atoms with van der Waals surface area (Å²) >= 11 is 6.05. The summed E-state index contributed by atoms with van der Waals surface area (Å²) in [7, 11) is 0. The second-order valence-electron chi connectivity index (χ2n) is 4.59. The molecule has 4 heteroatoms. The molecule has 3 N–H and O–H groups in total. The lowest BCUT2D eigenvalue weighted by atomic mass is 10.1. The van der Waals surface area contributed by atoms with Gasteiger partial charge in [-0.3, -0.25) is 0 Å². The van der Waals surface area contributed by atoms with Crippen LogP contribution in [0.25, 0.3) is 0 Å². The van der Waals surface area contributed by atoms with Gasteiger partial charge in [-0.1, -0.05) is 60.1 Å². The summed E-state index contributed by atoms with van der Waals surface area (Å²) in [5, 5.41) is 23.3. The Hall–Kier alpha value is -1.39.